The van der Waals surface area contributed by atoms with E-state index >= 15 is 0 Å². The number of rotatable bonds is 4. The van der Waals surface area contributed by atoms with Gasteiger partial charge in [-0.15, -0.1) is 0 Å². The summed E-state index contributed by atoms with van der Waals surface area (Å²) in [6.45, 7) is 2.43. The fourth-order valence-corrected chi connectivity index (χ4v) is 2.04. The molecule has 0 aromatic heterocycles. The molecule has 1 amide bonds. The van der Waals surface area contributed by atoms with Crippen molar-refractivity contribution in [1.82, 2.24) is 5.32 Å². The summed E-state index contributed by atoms with van der Waals surface area (Å²) in [5.41, 5.74) is 11.3. The SMILES string of the molecule is CCC(CN)C(=O)NC1CCC(N)CC1. The van der Waals surface area contributed by atoms with Crippen molar-refractivity contribution in [2.24, 2.45) is 17.4 Å². The number of carbonyl (C=O) groups is 1. The van der Waals surface area contributed by atoms with Gasteiger partial charge in [0.15, 0.2) is 0 Å². The topological polar surface area (TPSA) is 81.1 Å². The van der Waals surface area contributed by atoms with Gasteiger partial charge >= 0.3 is 0 Å². The number of nitrogens with one attached hydrogen (secondary N) is 1. The Balaban J connectivity index is 2.31. The zero-order valence-corrected chi connectivity index (χ0v) is 9.54. The first-order valence-electron chi connectivity index (χ1n) is 5.93. The lowest BCUT2D eigenvalue weighted by atomic mass is 9.91. The van der Waals surface area contributed by atoms with Gasteiger partial charge in [0.1, 0.15) is 0 Å². The first-order chi connectivity index (χ1) is 7.17. The first kappa shape index (κ1) is 12.5. The zero-order valence-electron chi connectivity index (χ0n) is 9.54. The van der Waals surface area contributed by atoms with Crippen LogP contribution < -0.4 is 16.8 Å². The second-order valence-corrected chi connectivity index (χ2v) is 4.46. The Kier molecular flexibility index (Phi) is 5.05. The van der Waals surface area contributed by atoms with Gasteiger partial charge in [0.25, 0.3) is 0 Å². The number of carbonyl (C=O) groups excluding carboxylic acids is 1. The van der Waals surface area contributed by atoms with Crippen LogP contribution in [0, 0.1) is 5.92 Å². The predicted molar refractivity (Wildman–Crippen MR) is 61.2 cm³/mol. The van der Waals surface area contributed by atoms with Crippen LogP contribution in [0.3, 0.4) is 0 Å². The minimum absolute atomic E-state index is 0.0272. The molecule has 0 aliphatic heterocycles. The molecule has 0 radical (unpaired) electrons. The molecule has 88 valence electrons. The molecule has 0 saturated heterocycles. The summed E-state index contributed by atoms with van der Waals surface area (Å²) < 4.78 is 0. The van der Waals surface area contributed by atoms with E-state index in [9.17, 15) is 4.79 Å². The number of hydrogen-bond donors (Lipinski definition) is 3. The fourth-order valence-electron chi connectivity index (χ4n) is 2.04. The molecule has 0 aromatic rings. The van der Waals surface area contributed by atoms with Crippen LogP contribution in [0.2, 0.25) is 0 Å². The third kappa shape index (κ3) is 3.80. The molecule has 1 aliphatic rings. The molecular formula is C11H23N3O. The predicted octanol–water partition coefficient (Wildman–Crippen LogP) is 0.357. The van der Waals surface area contributed by atoms with Crippen LogP contribution in [0.15, 0.2) is 0 Å². The lowest BCUT2D eigenvalue weighted by molar-refractivity contribution is -0.125. The fraction of sp³-hybridized carbons (Fsp3) is 0.909. The van der Waals surface area contributed by atoms with Crippen molar-refractivity contribution in [2.45, 2.75) is 51.1 Å². The van der Waals surface area contributed by atoms with Crippen molar-refractivity contribution in [3.63, 3.8) is 0 Å². The minimum atomic E-state index is -0.0272. The maximum absolute atomic E-state index is 11.7. The lowest BCUT2D eigenvalue weighted by Crippen LogP contribution is -2.44. The molecule has 15 heavy (non-hydrogen) atoms. The van der Waals surface area contributed by atoms with Crippen molar-refractivity contribution < 1.29 is 4.79 Å². The standard InChI is InChI=1S/C11H23N3O/c1-2-8(7-12)11(15)14-10-5-3-9(13)4-6-10/h8-10H,2-7,12-13H2,1H3,(H,14,15). The number of nitrogens with two attached hydrogens (primary N) is 2. The van der Waals surface area contributed by atoms with Crippen LogP contribution in [0.4, 0.5) is 0 Å². The van der Waals surface area contributed by atoms with E-state index < -0.39 is 0 Å². The van der Waals surface area contributed by atoms with Gasteiger partial charge < -0.3 is 16.8 Å². The maximum atomic E-state index is 11.7. The Morgan fingerprint density at radius 2 is 2.00 bits per heavy atom. The van der Waals surface area contributed by atoms with Gasteiger partial charge in [-0.3, -0.25) is 4.79 Å². The van der Waals surface area contributed by atoms with Crippen molar-refractivity contribution in [1.29, 1.82) is 0 Å². The first-order valence-corrected chi connectivity index (χ1v) is 5.93. The van der Waals surface area contributed by atoms with E-state index in [1.165, 1.54) is 0 Å². The molecule has 1 atom stereocenters. The third-order valence-corrected chi connectivity index (χ3v) is 3.27. The average molecular weight is 213 g/mol. The average Bonchev–Trinajstić information content (AvgIpc) is 2.23. The molecule has 0 aromatic carbocycles. The molecule has 1 saturated carbocycles. The Bertz CT molecular complexity index is 196. The molecule has 1 aliphatic carbocycles. The summed E-state index contributed by atoms with van der Waals surface area (Å²) in [4.78, 5) is 11.7. The highest BCUT2D eigenvalue weighted by atomic mass is 16.1. The van der Waals surface area contributed by atoms with E-state index in [4.69, 9.17) is 11.5 Å². The molecule has 1 rings (SSSR count). The molecule has 4 nitrogen and oxygen atoms in total. The van der Waals surface area contributed by atoms with Crippen molar-refractivity contribution >= 4 is 5.91 Å². The second kappa shape index (κ2) is 6.08. The van der Waals surface area contributed by atoms with E-state index in [1.807, 2.05) is 6.92 Å². The Morgan fingerprint density at radius 3 is 2.47 bits per heavy atom. The smallest absolute Gasteiger partial charge is 0.224 e. The molecule has 1 unspecified atom stereocenters. The van der Waals surface area contributed by atoms with Crippen LogP contribution in [0.25, 0.3) is 0 Å². The van der Waals surface area contributed by atoms with E-state index in [0.29, 0.717) is 18.6 Å². The Labute approximate surface area is 91.8 Å². The Hall–Kier alpha value is -0.610. The number of amides is 1. The number of hydrogen-bond acceptors (Lipinski definition) is 3. The van der Waals surface area contributed by atoms with Gasteiger partial charge in [0.05, 0.1) is 0 Å². The van der Waals surface area contributed by atoms with Crippen LogP contribution in [-0.4, -0.2) is 24.5 Å². The van der Waals surface area contributed by atoms with Gasteiger partial charge in [-0.1, -0.05) is 6.92 Å². The summed E-state index contributed by atoms with van der Waals surface area (Å²) in [6.07, 6.45) is 4.87. The maximum Gasteiger partial charge on any atom is 0.224 e. The van der Waals surface area contributed by atoms with Crippen LogP contribution in [0.5, 0.6) is 0 Å². The van der Waals surface area contributed by atoms with Crippen LogP contribution >= 0.6 is 0 Å². The summed E-state index contributed by atoms with van der Waals surface area (Å²) in [7, 11) is 0. The highest BCUT2D eigenvalue weighted by Crippen LogP contribution is 2.17. The van der Waals surface area contributed by atoms with Crippen LogP contribution in [-0.2, 0) is 4.79 Å². The molecule has 1 fully saturated rings. The highest BCUT2D eigenvalue weighted by molar-refractivity contribution is 5.79. The normalized spacial score (nSPS) is 28.5. The van der Waals surface area contributed by atoms with E-state index in [0.717, 1.165) is 32.1 Å². The quantitative estimate of drug-likeness (QED) is 0.630. The van der Waals surface area contributed by atoms with Gasteiger partial charge in [0, 0.05) is 24.5 Å². The largest absolute Gasteiger partial charge is 0.353 e. The molecule has 0 spiro atoms. The molecule has 4 heteroatoms. The summed E-state index contributed by atoms with van der Waals surface area (Å²) in [5, 5.41) is 3.07. The van der Waals surface area contributed by atoms with Crippen molar-refractivity contribution in [3.8, 4) is 0 Å². The van der Waals surface area contributed by atoms with Crippen LogP contribution in [0.1, 0.15) is 39.0 Å². The van der Waals surface area contributed by atoms with Crippen molar-refractivity contribution in [2.75, 3.05) is 6.54 Å². The zero-order chi connectivity index (χ0) is 11.3. The molecule has 0 heterocycles. The Morgan fingerprint density at radius 1 is 1.40 bits per heavy atom. The van der Waals surface area contributed by atoms with Gasteiger partial charge in [0.2, 0.25) is 5.91 Å². The molecule has 0 bridgehead atoms. The lowest BCUT2D eigenvalue weighted by Gasteiger charge is -2.28. The molecular weight excluding hydrogens is 190 g/mol. The van der Waals surface area contributed by atoms with E-state index in [2.05, 4.69) is 5.32 Å². The third-order valence-electron chi connectivity index (χ3n) is 3.27. The monoisotopic (exact) mass is 213 g/mol. The summed E-state index contributed by atoms with van der Waals surface area (Å²) in [6, 6.07) is 0.646. The second-order valence-electron chi connectivity index (χ2n) is 4.46. The van der Waals surface area contributed by atoms with E-state index in [1.54, 1.807) is 0 Å². The molecule has 5 N–H and O–H groups in total. The van der Waals surface area contributed by atoms with Gasteiger partial charge in [-0.05, 0) is 32.1 Å². The van der Waals surface area contributed by atoms with Gasteiger partial charge in [-0.2, -0.15) is 0 Å². The highest BCUT2D eigenvalue weighted by Gasteiger charge is 2.22. The van der Waals surface area contributed by atoms with E-state index in [-0.39, 0.29) is 11.8 Å². The van der Waals surface area contributed by atoms with Crippen molar-refractivity contribution in [3.05, 3.63) is 0 Å². The summed E-state index contributed by atoms with van der Waals surface area (Å²) in [5.74, 6) is 0.0843. The minimum Gasteiger partial charge on any atom is -0.353 e. The van der Waals surface area contributed by atoms with Gasteiger partial charge in [-0.25, -0.2) is 0 Å². The summed E-state index contributed by atoms with van der Waals surface area (Å²) >= 11 is 0.